The summed E-state index contributed by atoms with van der Waals surface area (Å²) < 4.78 is 4.82. The molecule has 1 heterocycles. The van der Waals surface area contributed by atoms with E-state index in [1.807, 2.05) is 0 Å². The Labute approximate surface area is 47.6 Å². The third kappa shape index (κ3) is 1.07. The maximum atomic E-state index is 4.82. The molecule has 0 fully saturated rings. The van der Waals surface area contributed by atoms with Crippen molar-refractivity contribution in [2.45, 2.75) is 6.10 Å². The first-order valence-corrected chi connectivity index (χ1v) is 2.24. The number of rotatable bonds is 1. The number of hydrogen-bond acceptors (Lipinski definition) is 3. The number of ether oxygens (including phenoxy) is 1. The van der Waals surface area contributed by atoms with Crippen molar-refractivity contribution < 1.29 is 9.57 Å². The fourth-order valence-corrected chi connectivity index (χ4v) is 0.394. The summed E-state index contributed by atoms with van der Waals surface area (Å²) in [5, 5.41) is 3.37. The van der Waals surface area contributed by atoms with Crippen LogP contribution in [0, 0.1) is 0 Å². The van der Waals surface area contributed by atoms with Crippen LogP contribution in [0.5, 0.6) is 0 Å². The van der Waals surface area contributed by atoms with Gasteiger partial charge in [-0.3, -0.25) is 0 Å². The zero-order valence-corrected chi connectivity index (χ0v) is 4.50. The van der Waals surface area contributed by atoms with Crippen molar-refractivity contribution in [3.63, 3.8) is 0 Å². The van der Waals surface area contributed by atoms with Gasteiger partial charge in [0.25, 0.3) is 0 Å². The van der Waals surface area contributed by atoms with E-state index in [1.54, 1.807) is 13.2 Å². The maximum absolute atomic E-state index is 4.82. The highest BCUT2D eigenvalue weighted by Crippen LogP contribution is 1.95. The highest BCUT2D eigenvalue weighted by Gasteiger charge is 2.01. The SMILES string of the molecule is COC1[C]=NOC=C1. The summed E-state index contributed by atoms with van der Waals surface area (Å²) >= 11 is 0. The summed E-state index contributed by atoms with van der Waals surface area (Å²) in [5.74, 6) is 0. The minimum atomic E-state index is -0.135. The van der Waals surface area contributed by atoms with Gasteiger partial charge in [-0.1, -0.05) is 5.16 Å². The zero-order valence-electron chi connectivity index (χ0n) is 4.50. The molecule has 1 radical (unpaired) electrons. The molecule has 0 aromatic heterocycles. The van der Waals surface area contributed by atoms with Crippen LogP contribution in [0.3, 0.4) is 0 Å². The van der Waals surface area contributed by atoms with Crippen LogP contribution < -0.4 is 0 Å². The number of nitrogens with zero attached hydrogens (tertiary/aromatic N) is 1. The summed E-state index contributed by atoms with van der Waals surface area (Å²) in [6, 6.07) is 0. The van der Waals surface area contributed by atoms with Crippen molar-refractivity contribution in [1.29, 1.82) is 0 Å². The van der Waals surface area contributed by atoms with E-state index in [0.29, 0.717) is 0 Å². The van der Waals surface area contributed by atoms with Crippen molar-refractivity contribution in [1.82, 2.24) is 0 Å². The lowest BCUT2D eigenvalue weighted by Gasteiger charge is -2.04. The molecule has 3 heteroatoms. The van der Waals surface area contributed by atoms with E-state index >= 15 is 0 Å². The molecule has 1 unspecified atom stereocenters. The molecular weight excluding hydrogens is 106 g/mol. The minimum absolute atomic E-state index is 0.135. The lowest BCUT2D eigenvalue weighted by molar-refractivity contribution is 0.172. The van der Waals surface area contributed by atoms with Gasteiger partial charge in [-0.05, 0) is 6.08 Å². The van der Waals surface area contributed by atoms with Crippen molar-refractivity contribution in [2.75, 3.05) is 7.11 Å². The normalized spacial score (nSPS) is 25.4. The Morgan fingerprint density at radius 2 is 2.75 bits per heavy atom. The van der Waals surface area contributed by atoms with Gasteiger partial charge in [-0.15, -0.1) is 0 Å². The van der Waals surface area contributed by atoms with Crippen molar-refractivity contribution in [3.8, 4) is 0 Å². The Morgan fingerprint density at radius 3 is 3.12 bits per heavy atom. The van der Waals surface area contributed by atoms with Crippen LogP contribution >= 0.6 is 0 Å². The second-order valence-corrected chi connectivity index (χ2v) is 1.31. The molecule has 1 rings (SSSR count). The van der Waals surface area contributed by atoms with Gasteiger partial charge in [0, 0.05) is 7.11 Å². The van der Waals surface area contributed by atoms with E-state index in [4.69, 9.17) is 4.74 Å². The van der Waals surface area contributed by atoms with Crippen molar-refractivity contribution in [3.05, 3.63) is 12.3 Å². The van der Waals surface area contributed by atoms with E-state index in [9.17, 15) is 0 Å². The predicted molar refractivity (Wildman–Crippen MR) is 28.5 cm³/mol. The van der Waals surface area contributed by atoms with Crippen LogP contribution in [0.15, 0.2) is 17.5 Å². The van der Waals surface area contributed by atoms with E-state index in [1.165, 1.54) is 6.26 Å². The summed E-state index contributed by atoms with van der Waals surface area (Å²) in [4.78, 5) is 4.45. The van der Waals surface area contributed by atoms with Crippen LogP contribution in [0.1, 0.15) is 0 Å². The lowest BCUT2D eigenvalue weighted by atomic mass is 10.4. The molecule has 0 spiro atoms. The maximum Gasteiger partial charge on any atom is 0.141 e. The molecule has 0 amide bonds. The zero-order chi connectivity index (χ0) is 5.82. The molecule has 0 aromatic carbocycles. The second-order valence-electron chi connectivity index (χ2n) is 1.31. The third-order valence-corrected chi connectivity index (χ3v) is 0.801. The van der Waals surface area contributed by atoms with Gasteiger partial charge < -0.3 is 9.57 Å². The Balaban J connectivity index is 2.42. The fourth-order valence-electron chi connectivity index (χ4n) is 0.394. The lowest BCUT2D eigenvalue weighted by Crippen LogP contribution is -2.10. The average molecular weight is 112 g/mol. The summed E-state index contributed by atoms with van der Waals surface area (Å²) in [6.07, 6.45) is 5.61. The fraction of sp³-hybridized carbons (Fsp3) is 0.400. The molecule has 1 atom stereocenters. The van der Waals surface area contributed by atoms with E-state index in [2.05, 4.69) is 16.2 Å². The molecule has 8 heavy (non-hydrogen) atoms. The predicted octanol–water partition coefficient (Wildman–Crippen LogP) is 0.408. The molecule has 0 aliphatic carbocycles. The van der Waals surface area contributed by atoms with Crippen LogP contribution in [-0.4, -0.2) is 19.4 Å². The largest absolute Gasteiger partial charge is 0.371 e. The van der Waals surface area contributed by atoms with E-state index in [0.717, 1.165) is 0 Å². The minimum Gasteiger partial charge on any atom is -0.371 e. The highest BCUT2D eigenvalue weighted by molar-refractivity contribution is 5.65. The smallest absolute Gasteiger partial charge is 0.141 e. The quantitative estimate of drug-likeness (QED) is 0.491. The van der Waals surface area contributed by atoms with Crippen molar-refractivity contribution in [2.24, 2.45) is 5.16 Å². The Bertz CT molecular complexity index is 108. The van der Waals surface area contributed by atoms with Gasteiger partial charge in [0.15, 0.2) is 0 Å². The van der Waals surface area contributed by atoms with E-state index < -0.39 is 0 Å². The molecule has 0 aromatic rings. The van der Waals surface area contributed by atoms with Crippen LogP contribution in [0.2, 0.25) is 0 Å². The first-order valence-electron chi connectivity index (χ1n) is 2.24. The Kier molecular flexibility index (Phi) is 1.64. The van der Waals surface area contributed by atoms with Gasteiger partial charge in [-0.25, -0.2) is 0 Å². The van der Waals surface area contributed by atoms with Gasteiger partial charge in [0.2, 0.25) is 0 Å². The molecular formula is C5H6NO2. The standard InChI is InChI=1S/C5H6NO2/c1-7-5-2-3-8-6-4-5/h2-3,5H,1H3. The van der Waals surface area contributed by atoms with Gasteiger partial charge in [0.1, 0.15) is 18.6 Å². The third-order valence-electron chi connectivity index (χ3n) is 0.801. The molecule has 0 N–H and O–H groups in total. The topological polar surface area (TPSA) is 30.8 Å². The van der Waals surface area contributed by atoms with Crippen LogP contribution in [0.25, 0.3) is 0 Å². The molecule has 0 saturated carbocycles. The van der Waals surface area contributed by atoms with Gasteiger partial charge in [0.05, 0.1) is 0 Å². The number of methoxy groups -OCH3 is 1. The Hall–Kier alpha value is -0.830. The average Bonchev–Trinajstić information content (AvgIpc) is 1.90. The first kappa shape index (κ1) is 5.31. The summed E-state index contributed by atoms with van der Waals surface area (Å²) in [7, 11) is 1.59. The number of hydrogen-bond donors (Lipinski definition) is 0. The molecule has 1 aliphatic heterocycles. The van der Waals surface area contributed by atoms with Crippen LogP contribution in [-0.2, 0) is 9.57 Å². The molecule has 43 valence electrons. The second kappa shape index (κ2) is 2.47. The van der Waals surface area contributed by atoms with Crippen molar-refractivity contribution >= 4 is 6.21 Å². The van der Waals surface area contributed by atoms with Crippen LogP contribution in [0.4, 0.5) is 0 Å². The molecule has 0 saturated heterocycles. The van der Waals surface area contributed by atoms with E-state index in [-0.39, 0.29) is 6.10 Å². The first-order chi connectivity index (χ1) is 3.93. The molecule has 3 nitrogen and oxygen atoms in total. The monoisotopic (exact) mass is 112 g/mol. The van der Waals surface area contributed by atoms with Gasteiger partial charge >= 0.3 is 0 Å². The highest BCUT2D eigenvalue weighted by atomic mass is 16.6. The Morgan fingerprint density at radius 1 is 1.88 bits per heavy atom. The summed E-state index contributed by atoms with van der Waals surface area (Å²) in [5.41, 5.74) is 0. The molecule has 1 aliphatic rings. The molecule has 0 bridgehead atoms. The van der Waals surface area contributed by atoms with Gasteiger partial charge in [-0.2, -0.15) is 0 Å². The summed E-state index contributed by atoms with van der Waals surface area (Å²) in [6.45, 7) is 0.